The fourth-order valence-corrected chi connectivity index (χ4v) is 3.70. The zero-order chi connectivity index (χ0) is 21.3. The monoisotopic (exact) mass is 433 g/mol. The second-order valence-corrected chi connectivity index (χ2v) is 8.16. The van der Waals surface area contributed by atoms with Gasteiger partial charge in [-0.3, -0.25) is 4.90 Å². The van der Waals surface area contributed by atoms with Crippen molar-refractivity contribution in [3.8, 4) is 11.5 Å². The number of nitrogens with one attached hydrogen (secondary N) is 1. The first-order chi connectivity index (χ1) is 14.5. The Kier molecular flexibility index (Phi) is 8.78. The van der Waals surface area contributed by atoms with E-state index in [1.54, 1.807) is 7.11 Å². The fourth-order valence-electron chi connectivity index (χ4n) is 3.49. The van der Waals surface area contributed by atoms with Gasteiger partial charge >= 0.3 is 0 Å². The third-order valence-corrected chi connectivity index (χ3v) is 5.70. The van der Waals surface area contributed by atoms with Crippen molar-refractivity contribution in [2.24, 2.45) is 0 Å². The lowest BCUT2D eigenvalue weighted by Gasteiger charge is -2.33. The van der Waals surface area contributed by atoms with Crippen LogP contribution < -0.4 is 14.8 Å². The van der Waals surface area contributed by atoms with Crippen LogP contribution in [0.5, 0.6) is 11.5 Å². The molecule has 1 unspecified atom stereocenters. The summed E-state index contributed by atoms with van der Waals surface area (Å²) in [6.45, 7) is 6.23. The Balaban J connectivity index is 1.50. The van der Waals surface area contributed by atoms with Crippen molar-refractivity contribution in [1.82, 2.24) is 15.1 Å². The molecule has 6 nitrogen and oxygen atoms in total. The summed E-state index contributed by atoms with van der Waals surface area (Å²) in [5, 5.41) is 14.6. The van der Waals surface area contributed by atoms with Crippen molar-refractivity contribution >= 4 is 11.6 Å². The molecule has 1 heterocycles. The number of aliphatic hydroxyl groups is 1. The van der Waals surface area contributed by atoms with Gasteiger partial charge in [0, 0.05) is 50.8 Å². The second kappa shape index (κ2) is 11.5. The molecule has 0 bridgehead atoms. The summed E-state index contributed by atoms with van der Waals surface area (Å²) >= 11 is 6.21. The van der Waals surface area contributed by atoms with Gasteiger partial charge in [-0.2, -0.15) is 0 Å². The quantitative estimate of drug-likeness (QED) is 0.600. The molecule has 2 N–H and O–H groups in total. The van der Waals surface area contributed by atoms with Crippen molar-refractivity contribution < 1.29 is 14.6 Å². The van der Waals surface area contributed by atoms with E-state index in [0.29, 0.717) is 31.1 Å². The molecule has 1 saturated heterocycles. The number of halogens is 1. The lowest BCUT2D eigenvalue weighted by Crippen LogP contribution is -2.47. The number of piperazine rings is 1. The highest BCUT2D eigenvalue weighted by atomic mass is 35.5. The zero-order valence-corrected chi connectivity index (χ0v) is 18.6. The van der Waals surface area contributed by atoms with E-state index in [0.717, 1.165) is 42.3 Å². The molecule has 164 valence electrons. The molecule has 1 aliphatic rings. The Morgan fingerprint density at radius 3 is 2.57 bits per heavy atom. The Bertz CT molecular complexity index is 797. The van der Waals surface area contributed by atoms with E-state index in [1.165, 1.54) is 0 Å². The summed E-state index contributed by atoms with van der Waals surface area (Å²) in [5.41, 5.74) is 2.14. The van der Waals surface area contributed by atoms with E-state index in [2.05, 4.69) is 22.2 Å². The fraction of sp³-hybridized carbons (Fsp3) is 0.478. The van der Waals surface area contributed by atoms with Crippen LogP contribution in [0.15, 0.2) is 42.5 Å². The average Bonchev–Trinajstić information content (AvgIpc) is 2.75. The molecule has 2 aromatic rings. The standard InChI is InChI=1S/C23H32ClN3O3/c1-26-9-11-27(12-10-26)16-20(28)17-30-23-13-18(7-8-22(23)29-2)14-25-15-19-5-3-4-6-21(19)24/h3-8,13,20,25,28H,9-12,14-17H2,1-2H3. The first kappa shape index (κ1) is 22.8. The van der Waals surface area contributed by atoms with Crippen molar-refractivity contribution in [2.75, 3.05) is 53.5 Å². The smallest absolute Gasteiger partial charge is 0.161 e. The van der Waals surface area contributed by atoms with Crippen molar-refractivity contribution in [3.63, 3.8) is 0 Å². The Labute approximate surface area is 184 Å². The van der Waals surface area contributed by atoms with E-state index in [9.17, 15) is 5.11 Å². The van der Waals surface area contributed by atoms with Gasteiger partial charge in [-0.15, -0.1) is 0 Å². The van der Waals surface area contributed by atoms with Gasteiger partial charge in [0.2, 0.25) is 0 Å². The van der Waals surface area contributed by atoms with Crippen LogP contribution in [0, 0.1) is 0 Å². The van der Waals surface area contributed by atoms with Gasteiger partial charge in [0.25, 0.3) is 0 Å². The molecule has 2 aromatic carbocycles. The summed E-state index contributed by atoms with van der Waals surface area (Å²) < 4.78 is 11.3. The highest BCUT2D eigenvalue weighted by Crippen LogP contribution is 2.28. The molecule has 0 radical (unpaired) electrons. The minimum absolute atomic E-state index is 0.235. The number of β-amino-alcohol motifs (C(OH)–C–C–N with tert-alkyl or cyclic N) is 1. The van der Waals surface area contributed by atoms with E-state index >= 15 is 0 Å². The summed E-state index contributed by atoms with van der Waals surface area (Å²) in [4.78, 5) is 4.58. The van der Waals surface area contributed by atoms with E-state index in [4.69, 9.17) is 21.1 Å². The first-order valence-electron chi connectivity index (χ1n) is 10.4. The van der Waals surface area contributed by atoms with Gasteiger partial charge in [-0.05, 0) is 36.4 Å². The number of likely N-dealkylation sites (N-methyl/N-ethyl adjacent to an activating group) is 1. The molecule has 1 fully saturated rings. The number of aliphatic hydroxyl groups excluding tert-OH is 1. The van der Waals surface area contributed by atoms with Crippen molar-refractivity contribution in [1.29, 1.82) is 0 Å². The number of hydrogen-bond acceptors (Lipinski definition) is 6. The summed E-state index contributed by atoms with van der Waals surface area (Å²) in [7, 11) is 3.75. The molecule has 0 spiro atoms. The average molecular weight is 434 g/mol. The van der Waals surface area contributed by atoms with E-state index in [-0.39, 0.29) is 6.61 Å². The predicted octanol–water partition coefficient (Wildman–Crippen LogP) is 2.63. The number of nitrogens with zero attached hydrogens (tertiary/aromatic N) is 2. The van der Waals surface area contributed by atoms with E-state index < -0.39 is 6.10 Å². The van der Waals surface area contributed by atoms with Gasteiger partial charge in [0.15, 0.2) is 11.5 Å². The van der Waals surface area contributed by atoms with Crippen LogP contribution in [0.2, 0.25) is 5.02 Å². The lowest BCUT2D eigenvalue weighted by molar-refractivity contribution is 0.0498. The highest BCUT2D eigenvalue weighted by Gasteiger charge is 2.18. The molecule has 0 aliphatic carbocycles. The van der Waals surface area contributed by atoms with Crippen LogP contribution in [0.4, 0.5) is 0 Å². The second-order valence-electron chi connectivity index (χ2n) is 7.75. The predicted molar refractivity (Wildman–Crippen MR) is 120 cm³/mol. The normalized spacial score (nSPS) is 16.4. The third kappa shape index (κ3) is 6.86. The Morgan fingerprint density at radius 1 is 1.07 bits per heavy atom. The molecule has 30 heavy (non-hydrogen) atoms. The van der Waals surface area contributed by atoms with Gasteiger partial charge in [0.05, 0.1) is 7.11 Å². The molecular weight excluding hydrogens is 402 g/mol. The van der Waals surface area contributed by atoms with E-state index in [1.807, 2.05) is 42.5 Å². The maximum atomic E-state index is 10.4. The topological polar surface area (TPSA) is 57.2 Å². The van der Waals surface area contributed by atoms with Crippen molar-refractivity contribution in [3.05, 3.63) is 58.6 Å². The zero-order valence-electron chi connectivity index (χ0n) is 17.8. The van der Waals surface area contributed by atoms with Gasteiger partial charge in [-0.25, -0.2) is 0 Å². The number of ether oxygens (including phenoxy) is 2. The molecular formula is C23H32ClN3O3. The maximum Gasteiger partial charge on any atom is 0.161 e. The minimum Gasteiger partial charge on any atom is -0.493 e. The maximum absolute atomic E-state index is 10.4. The van der Waals surface area contributed by atoms with Crippen LogP contribution in [-0.2, 0) is 13.1 Å². The molecule has 3 rings (SSSR count). The molecule has 0 aromatic heterocycles. The molecule has 1 atom stereocenters. The Morgan fingerprint density at radius 2 is 1.83 bits per heavy atom. The number of hydrogen-bond donors (Lipinski definition) is 2. The van der Waals surface area contributed by atoms with Gasteiger partial charge < -0.3 is 24.8 Å². The van der Waals surface area contributed by atoms with Gasteiger partial charge in [-0.1, -0.05) is 35.9 Å². The van der Waals surface area contributed by atoms with Crippen LogP contribution >= 0.6 is 11.6 Å². The molecule has 7 heteroatoms. The van der Waals surface area contributed by atoms with Gasteiger partial charge in [0.1, 0.15) is 12.7 Å². The number of benzene rings is 2. The Hall–Kier alpha value is -1.83. The summed E-state index contributed by atoms with van der Waals surface area (Å²) in [5.74, 6) is 1.31. The van der Waals surface area contributed by atoms with Crippen LogP contribution in [0.1, 0.15) is 11.1 Å². The highest BCUT2D eigenvalue weighted by molar-refractivity contribution is 6.31. The lowest BCUT2D eigenvalue weighted by atomic mass is 10.2. The SMILES string of the molecule is COc1ccc(CNCc2ccccc2Cl)cc1OCC(O)CN1CCN(C)CC1. The molecule has 1 aliphatic heterocycles. The van der Waals surface area contributed by atoms with Crippen LogP contribution in [-0.4, -0.2) is 74.5 Å². The first-order valence-corrected chi connectivity index (χ1v) is 10.8. The van der Waals surface area contributed by atoms with Crippen LogP contribution in [0.25, 0.3) is 0 Å². The molecule has 0 saturated carbocycles. The summed E-state index contributed by atoms with van der Waals surface area (Å²) in [6, 6.07) is 13.7. The minimum atomic E-state index is -0.542. The summed E-state index contributed by atoms with van der Waals surface area (Å²) in [6.07, 6.45) is -0.542. The van der Waals surface area contributed by atoms with Crippen molar-refractivity contribution in [2.45, 2.75) is 19.2 Å². The third-order valence-electron chi connectivity index (χ3n) is 5.33. The molecule has 0 amide bonds. The number of methoxy groups -OCH3 is 1. The number of rotatable bonds is 10. The largest absolute Gasteiger partial charge is 0.493 e. The van der Waals surface area contributed by atoms with Crippen LogP contribution in [0.3, 0.4) is 0 Å².